The smallest absolute Gasteiger partial charge is 0.161 e. The van der Waals surface area contributed by atoms with Gasteiger partial charge in [-0.3, -0.25) is 0 Å². The van der Waals surface area contributed by atoms with Crippen molar-refractivity contribution in [1.29, 1.82) is 0 Å². The molecule has 0 bridgehead atoms. The van der Waals surface area contributed by atoms with Crippen molar-refractivity contribution >= 4 is 28.3 Å². The molecule has 0 spiro atoms. The van der Waals surface area contributed by atoms with Gasteiger partial charge in [-0.05, 0) is 55.3 Å². The number of ether oxygens (including phenoxy) is 2. The van der Waals surface area contributed by atoms with E-state index in [0.29, 0.717) is 10.8 Å². The second-order valence-corrected chi connectivity index (χ2v) is 6.25. The fraction of sp³-hybridized carbons (Fsp3) is 0.263. The number of halogens is 1. The van der Waals surface area contributed by atoms with Crippen LogP contribution in [0, 0.1) is 6.92 Å². The summed E-state index contributed by atoms with van der Waals surface area (Å²) in [5, 5.41) is 5.04. The number of nitrogens with one attached hydrogen (secondary N) is 1. The summed E-state index contributed by atoms with van der Waals surface area (Å²) in [6, 6.07) is 9.58. The summed E-state index contributed by atoms with van der Waals surface area (Å²) < 4.78 is 10.8. The molecule has 130 valence electrons. The molecular weight excluding hydrogens is 338 g/mol. The zero-order valence-electron chi connectivity index (χ0n) is 14.6. The van der Waals surface area contributed by atoms with Crippen molar-refractivity contribution in [2.75, 3.05) is 19.5 Å². The van der Waals surface area contributed by atoms with Gasteiger partial charge >= 0.3 is 0 Å². The molecule has 1 unspecified atom stereocenters. The number of methoxy groups -OCH3 is 2. The van der Waals surface area contributed by atoms with Crippen molar-refractivity contribution in [3.63, 3.8) is 0 Å². The van der Waals surface area contributed by atoms with Gasteiger partial charge in [-0.25, -0.2) is 9.97 Å². The number of anilines is 1. The van der Waals surface area contributed by atoms with Gasteiger partial charge in [0, 0.05) is 10.4 Å². The van der Waals surface area contributed by atoms with E-state index in [1.807, 2.05) is 37.3 Å². The molecule has 1 N–H and O–H groups in total. The molecule has 0 saturated heterocycles. The van der Waals surface area contributed by atoms with Gasteiger partial charge in [0.05, 0.1) is 25.8 Å². The quantitative estimate of drug-likeness (QED) is 0.712. The van der Waals surface area contributed by atoms with Gasteiger partial charge in [-0.2, -0.15) is 0 Å². The van der Waals surface area contributed by atoms with Crippen molar-refractivity contribution in [3.05, 3.63) is 52.8 Å². The number of nitrogens with zero attached hydrogens (tertiary/aromatic N) is 2. The van der Waals surface area contributed by atoms with E-state index >= 15 is 0 Å². The SMILES string of the molecule is COc1cc(C)c(C(C)Nc2ncnc3cc(Cl)ccc23)cc1OC. The largest absolute Gasteiger partial charge is 0.493 e. The third-order valence-electron chi connectivity index (χ3n) is 4.19. The molecule has 1 heterocycles. The lowest BCUT2D eigenvalue weighted by Gasteiger charge is -2.20. The standard InChI is InChI=1S/C19H20ClN3O2/c1-11-7-17(24-3)18(25-4)9-15(11)12(2)23-19-14-6-5-13(20)8-16(14)21-10-22-19/h5-10,12H,1-4H3,(H,21,22,23). The maximum absolute atomic E-state index is 6.05. The maximum atomic E-state index is 6.05. The summed E-state index contributed by atoms with van der Waals surface area (Å²) in [6.45, 7) is 4.13. The third-order valence-corrected chi connectivity index (χ3v) is 4.43. The molecule has 0 radical (unpaired) electrons. The van der Waals surface area contributed by atoms with E-state index in [1.54, 1.807) is 14.2 Å². The summed E-state index contributed by atoms with van der Waals surface area (Å²) >= 11 is 6.05. The van der Waals surface area contributed by atoms with Crippen LogP contribution in [0.25, 0.3) is 10.9 Å². The van der Waals surface area contributed by atoms with Crippen LogP contribution < -0.4 is 14.8 Å². The van der Waals surface area contributed by atoms with Crippen LogP contribution in [0.15, 0.2) is 36.7 Å². The third kappa shape index (κ3) is 3.46. The van der Waals surface area contributed by atoms with E-state index in [-0.39, 0.29) is 6.04 Å². The van der Waals surface area contributed by atoms with Crippen LogP contribution in [0.1, 0.15) is 24.1 Å². The molecule has 3 rings (SSSR count). The Balaban J connectivity index is 1.96. The number of aromatic nitrogens is 2. The van der Waals surface area contributed by atoms with E-state index in [0.717, 1.165) is 33.6 Å². The molecule has 0 aliphatic heterocycles. The number of fused-ring (bicyclic) bond motifs is 1. The lowest BCUT2D eigenvalue weighted by atomic mass is 10.0. The minimum Gasteiger partial charge on any atom is -0.493 e. The molecular formula is C19H20ClN3O2. The molecule has 0 amide bonds. The zero-order valence-corrected chi connectivity index (χ0v) is 15.4. The highest BCUT2D eigenvalue weighted by Crippen LogP contribution is 2.34. The Morgan fingerprint density at radius 1 is 1.04 bits per heavy atom. The highest BCUT2D eigenvalue weighted by molar-refractivity contribution is 6.31. The lowest BCUT2D eigenvalue weighted by molar-refractivity contribution is 0.354. The molecule has 0 aliphatic rings. The van der Waals surface area contributed by atoms with Crippen molar-refractivity contribution in [3.8, 4) is 11.5 Å². The second-order valence-electron chi connectivity index (χ2n) is 5.81. The van der Waals surface area contributed by atoms with E-state index in [1.165, 1.54) is 6.33 Å². The predicted octanol–water partition coefficient (Wildman–Crippen LogP) is 4.78. The summed E-state index contributed by atoms with van der Waals surface area (Å²) in [4.78, 5) is 8.67. The number of benzene rings is 2. The number of hydrogen-bond acceptors (Lipinski definition) is 5. The Hall–Kier alpha value is -2.53. The van der Waals surface area contributed by atoms with Crippen LogP contribution in [0.2, 0.25) is 5.02 Å². The molecule has 0 saturated carbocycles. The first-order chi connectivity index (χ1) is 12.0. The minimum absolute atomic E-state index is 0.0218. The Labute approximate surface area is 152 Å². The Kier molecular flexibility index (Phi) is 4.95. The number of rotatable bonds is 5. The van der Waals surface area contributed by atoms with Gasteiger partial charge in [0.1, 0.15) is 12.1 Å². The summed E-state index contributed by atoms with van der Waals surface area (Å²) in [7, 11) is 3.27. The van der Waals surface area contributed by atoms with Gasteiger partial charge in [-0.15, -0.1) is 0 Å². The molecule has 0 fully saturated rings. The molecule has 3 aromatic rings. The van der Waals surface area contributed by atoms with Crippen LogP contribution in [0.5, 0.6) is 11.5 Å². The average molecular weight is 358 g/mol. The van der Waals surface area contributed by atoms with Gasteiger partial charge in [0.2, 0.25) is 0 Å². The van der Waals surface area contributed by atoms with Crippen LogP contribution in [-0.4, -0.2) is 24.2 Å². The van der Waals surface area contributed by atoms with Gasteiger partial charge in [0.15, 0.2) is 11.5 Å². The molecule has 1 aromatic heterocycles. The summed E-state index contributed by atoms with van der Waals surface area (Å²) in [6.07, 6.45) is 1.54. The first-order valence-corrected chi connectivity index (χ1v) is 8.30. The molecule has 6 heteroatoms. The second kappa shape index (κ2) is 7.15. The Morgan fingerprint density at radius 3 is 2.48 bits per heavy atom. The van der Waals surface area contributed by atoms with E-state index in [4.69, 9.17) is 21.1 Å². The first kappa shape index (κ1) is 17.3. The monoisotopic (exact) mass is 357 g/mol. The van der Waals surface area contributed by atoms with Crippen molar-refractivity contribution < 1.29 is 9.47 Å². The number of aryl methyl sites for hydroxylation is 1. The fourth-order valence-electron chi connectivity index (χ4n) is 2.89. The van der Waals surface area contributed by atoms with Crippen molar-refractivity contribution in [2.24, 2.45) is 0 Å². The molecule has 0 aliphatic carbocycles. The summed E-state index contributed by atoms with van der Waals surface area (Å²) in [5.74, 6) is 2.19. The lowest BCUT2D eigenvalue weighted by Crippen LogP contribution is -2.10. The van der Waals surface area contributed by atoms with Crippen molar-refractivity contribution in [1.82, 2.24) is 9.97 Å². The van der Waals surface area contributed by atoms with Crippen LogP contribution in [-0.2, 0) is 0 Å². The topological polar surface area (TPSA) is 56.3 Å². The highest BCUT2D eigenvalue weighted by atomic mass is 35.5. The Morgan fingerprint density at radius 2 is 1.76 bits per heavy atom. The first-order valence-electron chi connectivity index (χ1n) is 7.92. The zero-order chi connectivity index (χ0) is 18.0. The summed E-state index contributed by atoms with van der Waals surface area (Å²) in [5.41, 5.74) is 3.03. The van der Waals surface area contributed by atoms with E-state index in [2.05, 4.69) is 22.2 Å². The fourth-order valence-corrected chi connectivity index (χ4v) is 3.06. The van der Waals surface area contributed by atoms with E-state index < -0.39 is 0 Å². The highest BCUT2D eigenvalue weighted by Gasteiger charge is 2.15. The van der Waals surface area contributed by atoms with Crippen LogP contribution in [0.4, 0.5) is 5.82 Å². The molecule has 5 nitrogen and oxygen atoms in total. The van der Waals surface area contributed by atoms with Gasteiger partial charge in [-0.1, -0.05) is 11.6 Å². The molecule has 25 heavy (non-hydrogen) atoms. The predicted molar refractivity (Wildman–Crippen MR) is 101 cm³/mol. The average Bonchev–Trinajstić information content (AvgIpc) is 2.61. The normalized spacial score (nSPS) is 12.0. The Bertz CT molecular complexity index is 915. The molecule has 2 aromatic carbocycles. The maximum Gasteiger partial charge on any atom is 0.161 e. The number of hydrogen-bond donors (Lipinski definition) is 1. The van der Waals surface area contributed by atoms with Crippen molar-refractivity contribution in [2.45, 2.75) is 19.9 Å². The van der Waals surface area contributed by atoms with Gasteiger partial charge in [0.25, 0.3) is 0 Å². The molecule has 1 atom stereocenters. The van der Waals surface area contributed by atoms with E-state index in [9.17, 15) is 0 Å². The van der Waals surface area contributed by atoms with Crippen LogP contribution >= 0.6 is 11.6 Å². The van der Waals surface area contributed by atoms with Crippen LogP contribution in [0.3, 0.4) is 0 Å². The van der Waals surface area contributed by atoms with Gasteiger partial charge < -0.3 is 14.8 Å². The minimum atomic E-state index is 0.0218.